The van der Waals surface area contributed by atoms with E-state index in [1.807, 2.05) is 37.6 Å². The lowest BCUT2D eigenvalue weighted by Gasteiger charge is -2.35. The van der Waals surface area contributed by atoms with Crippen LogP contribution >= 0.6 is 12.4 Å². The molecular weight excluding hydrogens is 342 g/mol. The number of nitrogens with one attached hydrogen (secondary N) is 1. The average Bonchev–Trinajstić information content (AvgIpc) is 3.17. The Morgan fingerprint density at radius 2 is 2.16 bits per heavy atom. The zero-order valence-electron chi connectivity index (χ0n) is 14.1. The smallest absolute Gasteiger partial charge is 0.337 e. The molecule has 1 N–H and O–H groups in total. The number of hydrogen-bond acceptors (Lipinski definition) is 5. The van der Waals surface area contributed by atoms with Crippen molar-refractivity contribution >= 4 is 18.1 Å². The van der Waals surface area contributed by atoms with Crippen LogP contribution in [0, 0.1) is 0 Å². The van der Waals surface area contributed by atoms with E-state index in [4.69, 9.17) is 0 Å². The van der Waals surface area contributed by atoms with Crippen LogP contribution in [0.1, 0.15) is 11.9 Å². The number of piperazine rings is 1. The molecule has 1 fully saturated rings. The second-order valence-electron chi connectivity index (χ2n) is 6.09. The van der Waals surface area contributed by atoms with E-state index < -0.39 is 0 Å². The molecule has 3 aromatic rings. The fourth-order valence-electron chi connectivity index (χ4n) is 3.30. The van der Waals surface area contributed by atoms with Crippen molar-refractivity contribution < 1.29 is 0 Å². The van der Waals surface area contributed by atoms with Crippen molar-refractivity contribution in [2.45, 2.75) is 12.6 Å². The van der Waals surface area contributed by atoms with E-state index in [1.165, 1.54) is 0 Å². The lowest BCUT2D eigenvalue weighted by Crippen LogP contribution is -2.48. The van der Waals surface area contributed by atoms with Crippen molar-refractivity contribution in [2.75, 3.05) is 26.2 Å². The number of nitrogens with zero attached hydrogens (tertiary/aromatic N) is 6. The maximum absolute atomic E-state index is 12.4. The van der Waals surface area contributed by atoms with E-state index in [2.05, 4.69) is 24.9 Å². The molecule has 134 valence electrons. The van der Waals surface area contributed by atoms with Crippen molar-refractivity contribution in [3.63, 3.8) is 0 Å². The average molecular weight is 364 g/mol. The summed E-state index contributed by atoms with van der Waals surface area (Å²) in [6.07, 6.45) is 5.55. The number of rotatable bonds is 4. The van der Waals surface area contributed by atoms with Crippen LogP contribution in [0.25, 0.3) is 5.65 Å². The molecule has 0 aliphatic carbocycles. The second-order valence-corrected chi connectivity index (χ2v) is 6.09. The van der Waals surface area contributed by atoms with E-state index in [0.29, 0.717) is 12.2 Å². The Labute approximate surface area is 151 Å². The third-order valence-corrected chi connectivity index (χ3v) is 4.60. The number of hydrogen-bond donors (Lipinski definition) is 1. The third kappa shape index (κ3) is 3.33. The molecule has 9 heteroatoms. The molecule has 1 aliphatic rings. The predicted molar refractivity (Wildman–Crippen MR) is 97.1 cm³/mol. The van der Waals surface area contributed by atoms with Crippen molar-refractivity contribution in [3.8, 4) is 0 Å². The molecule has 25 heavy (non-hydrogen) atoms. The summed E-state index contributed by atoms with van der Waals surface area (Å²) in [5.74, 6) is 1.05. The van der Waals surface area contributed by atoms with Crippen molar-refractivity contribution in [3.05, 3.63) is 53.1 Å². The lowest BCUT2D eigenvalue weighted by molar-refractivity contribution is 0.145. The van der Waals surface area contributed by atoms with Crippen LogP contribution in [0.4, 0.5) is 0 Å². The number of aromatic nitrogens is 5. The van der Waals surface area contributed by atoms with Gasteiger partial charge in [0.25, 0.3) is 0 Å². The van der Waals surface area contributed by atoms with Crippen LogP contribution in [-0.2, 0) is 13.6 Å². The van der Waals surface area contributed by atoms with Crippen LogP contribution in [0.15, 0.2) is 41.6 Å². The van der Waals surface area contributed by atoms with E-state index in [1.54, 1.807) is 15.3 Å². The summed E-state index contributed by atoms with van der Waals surface area (Å²) in [5.41, 5.74) is 0.595. The third-order valence-electron chi connectivity index (χ3n) is 4.60. The molecule has 0 saturated carbocycles. The predicted octanol–water partition coefficient (Wildman–Crippen LogP) is 0.298. The van der Waals surface area contributed by atoms with Crippen LogP contribution in [0.5, 0.6) is 0 Å². The molecule has 0 amide bonds. The van der Waals surface area contributed by atoms with E-state index in [-0.39, 0.29) is 24.1 Å². The Kier molecular flexibility index (Phi) is 5.22. The first-order chi connectivity index (χ1) is 11.7. The normalized spacial score (nSPS) is 18.4. The molecule has 0 spiro atoms. The summed E-state index contributed by atoms with van der Waals surface area (Å²) < 4.78 is 5.18. The largest absolute Gasteiger partial charge is 0.350 e. The van der Waals surface area contributed by atoms with Gasteiger partial charge < -0.3 is 9.88 Å². The summed E-state index contributed by atoms with van der Waals surface area (Å²) in [5, 5.41) is 7.83. The topological polar surface area (TPSA) is 72.4 Å². The van der Waals surface area contributed by atoms with Gasteiger partial charge in [0.15, 0.2) is 5.65 Å². The van der Waals surface area contributed by atoms with Crippen molar-refractivity contribution in [1.82, 2.24) is 33.9 Å². The lowest BCUT2D eigenvalue weighted by atomic mass is 10.1. The Bertz CT molecular complexity index is 899. The molecular formula is C16H22ClN7O. The van der Waals surface area contributed by atoms with Gasteiger partial charge in [-0.15, -0.1) is 17.5 Å². The van der Waals surface area contributed by atoms with E-state index in [9.17, 15) is 4.79 Å². The van der Waals surface area contributed by atoms with Crippen LogP contribution in [0.2, 0.25) is 0 Å². The summed E-state index contributed by atoms with van der Waals surface area (Å²) >= 11 is 0. The monoisotopic (exact) mass is 363 g/mol. The van der Waals surface area contributed by atoms with Gasteiger partial charge in [0, 0.05) is 51.8 Å². The molecule has 0 bridgehead atoms. The zero-order chi connectivity index (χ0) is 16.5. The summed E-state index contributed by atoms with van der Waals surface area (Å²) in [4.78, 5) is 19.2. The van der Waals surface area contributed by atoms with Gasteiger partial charge in [0.05, 0.1) is 12.6 Å². The maximum Gasteiger partial charge on any atom is 0.350 e. The maximum atomic E-state index is 12.4. The molecule has 4 rings (SSSR count). The minimum Gasteiger partial charge on any atom is -0.337 e. The van der Waals surface area contributed by atoms with Gasteiger partial charge in [0.1, 0.15) is 5.82 Å². The zero-order valence-corrected chi connectivity index (χ0v) is 14.9. The second kappa shape index (κ2) is 7.38. The standard InChI is InChI=1S/C16H21N7O.ClH/c1-20-8-6-18-15(20)13-12-17-5-9-21(13)10-11-23-16(24)22-7-3-2-4-14(22)19-23;/h2-4,6-8,13,17H,5,9-12H2,1H3;1H. The van der Waals surface area contributed by atoms with Gasteiger partial charge in [-0.1, -0.05) is 6.07 Å². The fourth-order valence-corrected chi connectivity index (χ4v) is 3.30. The Morgan fingerprint density at radius 1 is 1.28 bits per heavy atom. The summed E-state index contributed by atoms with van der Waals surface area (Å²) in [7, 11) is 2.02. The van der Waals surface area contributed by atoms with Crippen LogP contribution in [0.3, 0.4) is 0 Å². The quantitative estimate of drug-likeness (QED) is 0.721. The van der Waals surface area contributed by atoms with Crippen LogP contribution in [-0.4, -0.2) is 54.8 Å². The number of halogens is 1. The van der Waals surface area contributed by atoms with Gasteiger partial charge in [-0.05, 0) is 12.1 Å². The number of imidazole rings is 1. The highest BCUT2D eigenvalue weighted by atomic mass is 35.5. The summed E-state index contributed by atoms with van der Waals surface area (Å²) in [6, 6.07) is 5.79. The highest BCUT2D eigenvalue weighted by molar-refractivity contribution is 5.85. The van der Waals surface area contributed by atoms with E-state index in [0.717, 1.165) is 32.0 Å². The minimum atomic E-state index is -0.0886. The Balaban J connectivity index is 0.00000182. The summed E-state index contributed by atoms with van der Waals surface area (Å²) in [6.45, 7) is 4.08. The Morgan fingerprint density at radius 3 is 2.92 bits per heavy atom. The molecule has 3 aromatic heterocycles. The fraction of sp³-hybridized carbons (Fsp3) is 0.438. The molecule has 1 atom stereocenters. The van der Waals surface area contributed by atoms with Gasteiger partial charge in [0.2, 0.25) is 0 Å². The van der Waals surface area contributed by atoms with Gasteiger partial charge >= 0.3 is 5.69 Å². The SMILES string of the molecule is Cl.Cn1ccnc1C1CNCCN1CCn1nc2ccccn2c1=O. The van der Waals surface area contributed by atoms with Gasteiger partial charge in [-0.25, -0.2) is 14.5 Å². The number of aryl methyl sites for hydroxylation is 1. The highest BCUT2D eigenvalue weighted by Crippen LogP contribution is 2.19. The molecule has 1 saturated heterocycles. The van der Waals surface area contributed by atoms with Gasteiger partial charge in [-0.2, -0.15) is 0 Å². The molecule has 0 aromatic carbocycles. The molecule has 1 aliphatic heterocycles. The molecule has 4 heterocycles. The van der Waals surface area contributed by atoms with Crippen molar-refractivity contribution in [1.29, 1.82) is 0 Å². The first kappa shape index (κ1) is 17.7. The van der Waals surface area contributed by atoms with Crippen molar-refractivity contribution in [2.24, 2.45) is 7.05 Å². The number of pyridine rings is 1. The first-order valence-corrected chi connectivity index (χ1v) is 8.20. The number of fused-ring (bicyclic) bond motifs is 1. The molecule has 0 radical (unpaired) electrons. The Hall–Kier alpha value is -2.16. The first-order valence-electron chi connectivity index (χ1n) is 8.20. The molecule has 8 nitrogen and oxygen atoms in total. The minimum absolute atomic E-state index is 0. The van der Waals surface area contributed by atoms with Crippen LogP contribution < -0.4 is 11.0 Å². The van der Waals surface area contributed by atoms with E-state index >= 15 is 0 Å². The van der Waals surface area contributed by atoms with Gasteiger partial charge in [-0.3, -0.25) is 9.30 Å². The molecule has 1 unspecified atom stereocenters. The highest BCUT2D eigenvalue weighted by Gasteiger charge is 2.26.